The number of nitrogens with zero attached hydrogens (tertiary/aromatic N) is 2. The molecular weight excluding hydrogens is 238 g/mol. The Morgan fingerprint density at radius 2 is 1.84 bits per heavy atom. The van der Waals surface area contributed by atoms with Crippen LogP contribution < -0.4 is 5.73 Å². The van der Waals surface area contributed by atoms with E-state index < -0.39 is 0 Å². The minimum absolute atomic E-state index is 0.309. The summed E-state index contributed by atoms with van der Waals surface area (Å²) in [5.41, 5.74) is 6.04. The zero-order valence-electron chi connectivity index (χ0n) is 11.8. The molecule has 4 unspecified atom stereocenters. The third kappa shape index (κ3) is 2.99. The predicted molar refractivity (Wildman–Crippen MR) is 73.9 cm³/mol. The van der Waals surface area contributed by atoms with Crippen LogP contribution in [0.3, 0.4) is 0 Å². The van der Waals surface area contributed by atoms with Crippen molar-refractivity contribution in [3.63, 3.8) is 0 Å². The predicted octanol–water partition coefficient (Wildman–Crippen LogP) is 3.35. The molecule has 4 heteroatoms. The van der Waals surface area contributed by atoms with E-state index in [1.54, 1.807) is 0 Å². The van der Waals surface area contributed by atoms with E-state index in [9.17, 15) is 0 Å². The average molecular weight is 263 g/mol. The van der Waals surface area contributed by atoms with E-state index in [-0.39, 0.29) is 0 Å². The number of hydrogen-bond donors (Lipinski definition) is 1. The second kappa shape index (κ2) is 5.61. The smallest absolute Gasteiger partial charge is 0.229 e. The van der Waals surface area contributed by atoms with Crippen LogP contribution >= 0.6 is 0 Å². The van der Waals surface area contributed by atoms with Crippen LogP contribution in [0.2, 0.25) is 0 Å². The van der Waals surface area contributed by atoms with Gasteiger partial charge in [0.15, 0.2) is 5.82 Å². The van der Waals surface area contributed by atoms with Crippen LogP contribution in [0.25, 0.3) is 0 Å². The van der Waals surface area contributed by atoms with Gasteiger partial charge in [0.2, 0.25) is 5.89 Å². The second-order valence-electron chi connectivity index (χ2n) is 6.58. The number of aromatic nitrogens is 2. The summed E-state index contributed by atoms with van der Waals surface area (Å²) in [6.45, 7) is 2.33. The van der Waals surface area contributed by atoms with E-state index in [1.165, 1.54) is 32.1 Å². The quantitative estimate of drug-likeness (QED) is 0.888. The van der Waals surface area contributed by atoms with Gasteiger partial charge in [-0.05, 0) is 38.0 Å². The molecule has 19 heavy (non-hydrogen) atoms. The summed E-state index contributed by atoms with van der Waals surface area (Å²) in [5, 5.41) is 4.25. The van der Waals surface area contributed by atoms with Crippen LogP contribution in [0.4, 0.5) is 0 Å². The molecule has 2 saturated carbocycles. The van der Waals surface area contributed by atoms with Gasteiger partial charge in [-0.25, -0.2) is 0 Å². The highest BCUT2D eigenvalue weighted by atomic mass is 16.5. The first-order valence-electron chi connectivity index (χ1n) is 7.81. The van der Waals surface area contributed by atoms with Gasteiger partial charge in [0.25, 0.3) is 0 Å². The standard InChI is InChI=1S/C15H25N3O/c1-10-4-2-5-11(8-10)14-17-15(19-18-14)12-6-3-7-13(16)9-12/h10-13H,2-9,16H2,1H3. The van der Waals surface area contributed by atoms with Crippen LogP contribution in [0.1, 0.15) is 81.8 Å². The minimum Gasteiger partial charge on any atom is -0.339 e. The Morgan fingerprint density at radius 1 is 1.05 bits per heavy atom. The van der Waals surface area contributed by atoms with Gasteiger partial charge < -0.3 is 10.3 Å². The molecule has 0 bridgehead atoms. The highest BCUT2D eigenvalue weighted by molar-refractivity contribution is 5.02. The summed E-state index contributed by atoms with van der Waals surface area (Å²) in [5.74, 6) is 3.48. The number of nitrogens with two attached hydrogens (primary N) is 1. The zero-order chi connectivity index (χ0) is 13.2. The Balaban J connectivity index is 1.68. The molecule has 0 radical (unpaired) electrons. The van der Waals surface area contributed by atoms with Gasteiger partial charge >= 0.3 is 0 Å². The highest BCUT2D eigenvalue weighted by Gasteiger charge is 2.28. The summed E-state index contributed by atoms with van der Waals surface area (Å²) >= 11 is 0. The van der Waals surface area contributed by atoms with E-state index in [1.807, 2.05) is 0 Å². The molecule has 1 aromatic rings. The van der Waals surface area contributed by atoms with E-state index in [0.717, 1.165) is 36.9 Å². The fourth-order valence-corrected chi connectivity index (χ4v) is 3.70. The zero-order valence-corrected chi connectivity index (χ0v) is 11.8. The molecular formula is C15H25N3O. The van der Waals surface area contributed by atoms with Crippen molar-refractivity contribution >= 4 is 0 Å². The van der Waals surface area contributed by atoms with E-state index in [2.05, 4.69) is 12.1 Å². The fraction of sp³-hybridized carbons (Fsp3) is 0.867. The van der Waals surface area contributed by atoms with Crippen molar-refractivity contribution in [1.82, 2.24) is 10.1 Å². The SMILES string of the molecule is CC1CCCC(c2noc(C3CCCC(N)C3)n2)C1. The lowest BCUT2D eigenvalue weighted by molar-refractivity contribution is 0.291. The van der Waals surface area contributed by atoms with Crippen molar-refractivity contribution in [1.29, 1.82) is 0 Å². The highest BCUT2D eigenvalue weighted by Crippen LogP contribution is 2.36. The van der Waals surface area contributed by atoms with E-state index in [0.29, 0.717) is 17.9 Å². The minimum atomic E-state index is 0.309. The first-order chi connectivity index (χ1) is 9.22. The molecule has 0 amide bonds. The van der Waals surface area contributed by atoms with Gasteiger partial charge in [-0.3, -0.25) is 0 Å². The van der Waals surface area contributed by atoms with Crippen LogP contribution in [-0.4, -0.2) is 16.2 Å². The molecule has 3 rings (SSSR count). The summed E-state index contributed by atoms with van der Waals surface area (Å²) in [6, 6.07) is 0.309. The maximum Gasteiger partial charge on any atom is 0.229 e. The molecule has 4 nitrogen and oxygen atoms in total. The van der Waals surface area contributed by atoms with Crippen molar-refractivity contribution < 1.29 is 4.52 Å². The van der Waals surface area contributed by atoms with E-state index in [4.69, 9.17) is 15.2 Å². The lowest BCUT2D eigenvalue weighted by Crippen LogP contribution is -2.27. The molecule has 106 valence electrons. The average Bonchev–Trinajstić information content (AvgIpc) is 2.88. The fourth-order valence-electron chi connectivity index (χ4n) is 3.70. The molecule has 0 saturated heterocycles. The topological polar surface area (TPSA) is 64.9 Å². The van der Waals surface area contributed by atoms with Crippen LogP contribution in [0.5, 0.6) is 0 Å². The first kappa shape index (κ1) is 13.1. The lowest BCUT2D eigenvalue weighted by Gasteiger charge is -2.24. The molecule has 0 spiro atoms. The summed E-state index contributed by atoms with van der Waals surface area (Å²) in [7, 11) is 0. The number of hydrogen-bond acceptors (Lipinski definition) is 4. The molecule has 0 aromatic carbocycles. The van der Waals surface area contributed by atoms with E-state index >= 15 is 0 Å². The van der Waals surface area contributed by atoms with Crippen molar-refractivity contribution in [2.75, 3.05) is 0 Å². The Hall–Kier alpha value is -0.900. The van der Waals surface area contributed by atoms with Crippen molar-refractivity contribution in [3.05, 3.63) is 11.7 Å². The lowest BCUT2D eigenvalue weighted by atomic mass is 9.82. The monoisotopic (exact) mass is 263 g/mol. The summed E-state index contributed by atoms with van der Waals surface area (Å²) in [6.07, 6.45) is 9.54. The molecule has 2 aliphatic rings. The molecule has 2 N–H and O–H groups in total. The molecule has 1 heterocycles. The van der Waals surface area contributed by atoms with Gasteiger partial charge in [-0.2, -0.15) is 4.98 Å². The molecule has 1 aromatic heterocycles. The van der Waals surface area contributed by atoms with Gasteiger partial charge in [-0.1, -0.05) is 31.3 Å². The third-order valence-electron chi connectivity index (χ3n) is 4.82. The van der Waals surface area contributed by atoms with Crippen LogP contribution in [0, 0.1) is 5.92 Å². The van der Waals surface area contributed by atoms with Crippen molar-refractivity contribution in [3.8, 4) is 0 Å². The van der Waals surface area contributed by atoms with Crippen molar-refractivity contribution in [2.45, 2.75) is 76.2 Å². The van der Waals surface area contributed by atoms with Gasteiger partial charge in [0.1, 0.15) is 0 Å². The van der Waals surface area contributed by atoms with Crippen LogP contribution in [0.15, 0.2) is 4.52 Å². The maximum atomic E-state index is 6.04. The first-order valence-corrected chi connectivity index (χ1v) is 7.81. The van der Waals surface area contributed by atoms with Gasteiger partial charge in [0.05, 0.1) is 0 Å². The Kier molecular flexibility index (Phi) is 3.87. The molecule has 4 atom stereocenters. The number of rotatable bonds is 2. The Morgan fingerprint density at radius 3 is 2.63 bits per heavy atom. The van der Waals surface area contributed by atoms with Gasteiger partial charge in [0, 0.05) is 17.9 Å². The normalized spacial score (nSPS) is 36.3. The second-order valence-corrected chi connectivity index (χ2v) is 6.58. The largest absolute Gasteiger partial charge is 0.339 e. The van der Waals surface area contributed by atoms with Gasteiger partial charge in [-0.15, -0.1) is 0 Å². The van der Waals surface area contributed by atoms with Crippen LogP contribution in [-0.2, 0) is 0 Å². The van der Waals surface area contributed by atoms with Crippen molar-refractivity contribution in [2.24, 2.45) is 11.7 Å². The molecule has 2 fully saturated rings. The Labute approximate surface area is 115 Å². The molecule has 0 aliphatic heterocycles. The Bertz CT molecular complexity index is 381. The summed E-state index contributed by atoms with van der Waals surface area (Å²) < 4.78 is 5.52. The maximum absolute atomic E-state index is 6.04. The summed E-state index contributed by atoms with van der Waals surface area (Å²) in [4.78, 5) is 4.69. The third-order valence-corrected chi connectivity index (χ3v) is 4.82. The molecule has 2 aliphatic carbocycles.